The predicted octanol–water partition coefficient (Wildman–Crippen LogP) is 4.06. The van der Waals surface area contributed by atoms with E-state index in [0.29, 0.717) is 11.5 Å². The molecule has 0 unspecified atom stereocenters. The fourth-order valence-corrected chi connectivity index (χ4v) is 3.71. The first-order valence-corrected chi connectivity index (χ1v) is 8.99. The number of nitrogens with two attached hydrogens (primary N) is 1. The summed E-state index contributed by atoms with van der Waals surface area (Å²) in [5, 5.41) is 17.2. The molecule has 6 heteroatoms. The van der Waals surface area contributed by atoms with Gasteiger partial charge in [0.25, 0.3) is 0 Å². The summed E-state index contributed by atoms with van der Waals surface area (Å²) in [6, 6.07) is 20.0. The Morgan fingerprint density at radius 2 is 1.89 bits per heavy atom. The van der Waals surface area contributed by atoms with E-state index in [1.807, 2.05) is 42.5 Å². The molecule has 0 aliphatic carbocycles. The van der Waals surface area contributed by atoms with Crippen LogP contribution in [0.15, 0.2) is 66.1 Å². The summed E-state index contributed by atoms with van der Waals surface area (Å²) in [7, 11) is 1.63. The van der Waals surface area contributed by atoms with Crippen molar-refractivity contribution in [3.63, 3.8) is 0 Å². The Labute approximate surface area is 163 Å². The van der Waals surface area contributed by atoms with Gasteiger partial charge in [-0.15, -0.1) is 5.10 Å². The van der Waals surface area contributed by atoms with Crippen molar-refractivity contribution in [1.29, 1.82) is 5.26 Å². The molecule has 140 valence electrons. The summed E-state index contributed by atoms with van der Waals surface area (Å²) in [5.41, 5.74) is 10.2. The molecule has 0 radical (unpaired) electrons. The molecule has 3 N–H and O–H groups in total. The number of nitrogens with one attached hydrogen (secondary N) is 1. The fourth-order valence-electron chi connectivity index (χ4n) is 3.71. The van der Waals surface area contributed by atoms with Crippen molar-refractivity contribution >= 4 is 0 Å². The van der Waals surface area contributed by atoms with Gasteiger partial charge >= 0.3 is 0 Å². The Hall–Kier alpha value is -3.72. The molecule has 6 nitrogen and oxygen atoms in total. The molecule has 0 bridgehead atoms. The Bertz CT molecular complexity index is 1060. The number of allylic oxidation sites excluding steroid dienone is 1. The first kappa shape index (κ1) is 17.7. The molecule has 2 aromatic carbocycles. The number of fused-ring (bicyclic) bond motifs is 1. The SMILES string of the molecule is COc1ccc(-c2[nH]nc3c2[C@H]([C@H](C)c2ccccc2)C(C#N)=C(N)O3)cc1. The number of hydrogen-bond acceptors (Lipinski definition) is 5. The monoisotopic (exact) mass is 372 g/mol. The van der Waals surface area contributed by atoms with Gasteiger partial charge < -0.3 is 15.2 Å². The lowest BCUT2D eigenvalue weighted by Gasteiger charge is -2.28. The minimum absolute atomic E-state index is 0.00616. The van der Waals surface area contributed by atoms with Gasteiger partial charge in [0, 0.05) is 11.5 Å². The smallest absolute Gasteiger partial charge is 0.244 e. The first-order valence-electron chi connectivity index (χ1n) is 8.99. The lowest BCUT2D eigenvalue weighted by atomic mass is 9.76. The number of nitrogens with zero attached hydrogens (tertiary/aromatic N) is 2. The molecule has 4 rings (SSSR count). The van der Waals surface area contributed by atoms with Crippen LogP contribution in [0, 0.1) is 11.3 Å². The highest BCUT2D eigenvalue weighted by molar-refractivity contribution is 5.70. The van der Waals surface area contributed by atoms with Crippen LogP contribution in [0.25, 0.3) is 11.3 Å². The summed E-state index contributed by atoms with van der Waals surface area (Å²) >= 11 is 0. The van der Waals surface area contributed by atoms with Crippen LogP contribution in [0.4, 0.5) is 0 Å². The maximum absolute atomic E-state index is 9.81. The number of benzene rings is 2. The second-order valence-electron chi connectivity index (χ2n) is 6.71. The highest BCUT2D eigenvalue weighted by Gasteiger charge is 2.38. The summed E-state index contributed by atoms with van der Waals surface area (Å²) in [6.45, 7) is 2.09. The quantitative estimate of drug-likeness (QED) is 0.720. The van der Waals surface area contributed by atoms with E-state index >= 15 is 0 Å². The van der Waals surface area contributed by atoms with E-state index in [9.17, 15) is 5.26 Å². The van der Waals surface area contributed by atoms with Crippen LogP contribution >= 0.6 is 0 Å². The molecule has 28 heavy (non-hydrogen) atoms. The van der Waals surface area contributed by atoms with Crippen LogP contribution in [0.1, 0.15) is 29.9 Å². The maximum atomic E-state index is 9.81. The topological polar surface area (TPSA) is 97.0 Å². The van der Waals surface area contributed by atoms with Gasteiger partial charge in [0.1, 0.15) is 11.8 Å². The highest BCUT2D eigenvalue weighted by atomic mass is 16.5. The summed E-state index contributed by atoms with van der Waals surface area (Å²) in [5.74, 6) is 1.02. The van der Waals surface area contributed by atoms with E-state index in [2.05, 4.69) is 35.3 Å². The number of aromatic nitrogens is 2. The lowest BCUT2D eigenvalue weighted by molar-refractivity contribution is 0.368. The van der Waals surface area contributed by atoms with Gasteiger partial charge in [-0.1, -0.05) is 37.3 Å². The summed E-state index contributed by atoms with van der Waals surface area (Å²) < 4.78 is 10.9. The molecular weight excluding hydrogens is 352 g/mol. The average molecular weight is 372 g/mol. The van der Waals surface area contributed by atoms with E-state index in [4.69, 9.17) is 15.2 Å². The van der Waals surface area contributed by atoms with Gasteiger partial charge in [0.05, 0.1) is 23.9 Å². The van der Waals surface area contributed by atoms with Crippen LogP contribution in [0.2, 0.25) is 0 Å². The number of H-pyrrole nitrogens is 1. The first-order chi connectivity index (χ1) is 13.6. The van der Waals surface area contributed by atoms with E-state index in [-0.39, 0.29) is 17.7 Å². The Morgan fingerprint density at radius 3 is 2.54 bits per heavy atom. The number of nitriles is 1. The van der Waals surface area contributed by atoms with Gasteiger partial charge in [-0.05, 0) is 35.7 Å². The number of aromatic amines is 1. The molecule has 2 heterocycles. The lowest BCUT2D eigenvalue weighted by Crippen LogP contribution is -2.23. The molecule has 3 aromatic rings. The number of methoxy groups -OCH3 is 1. The van der Waals surface area contributed by atoms with E-state index < -0.39 is 0 Å². The molecule has 0 spiro atoms. The molecule has 0 amide bonds. The molecular formula is C22H20N4O2. The minimum atomic E-state index is -0.271. The molecule has 0 saturated heterocycles. The second kappa shape index (κ2) is 7.12. The summed E-state index contributed by atoms with van der Waals surface area (Å²) in [4.78, 5) is 0. The molecule has 1 aliphatic rings. The molecule has 1 aromatic heterocycles. The van der Waals surface area contributed by atoms with E-state index in [1.165, 1.54) is 0 Å². The van der Waals surface area contributed by atoms with Gasteiger partial charge in [0.2, 0.25) is 11.8 Å². The molecule has 0 fully saturated rings. The minimum Gasteiger partial charge on any atom is -0.497 e. The van der Waals surface area contributed by atoms with Gasteiger partial charge in [-0.25, -0.2) is 0 Å². The third-order valence-electron chi connectivity index (χ3n) is 5.19. The van der Waals surface area contributed by atoms with Crippen LogP contribution in [-0.4, -0.2) is 17.3 Å². The van der Waals surface area contributed by atoms with Crippen molar-refractivity contribution in [1.82, 2.24) is 10.2 Å². The summed E-state index contributed by atoms with van der Waals surface area (Å²) in [6.07, 6.45) is 0. The standard InChI is InChI=1S/C22H20N4O2/c1-13(14-6-4-3-5-7-14)18-17(12-23)21(24)28-22-19(18)20(25-26-22)15-8-10-16(27-2)11-9-15/h3-11,13,18H,24H2,1-2H3,(H,25,26)/t13-,18-/m1/s1. The third kappa shape index (κ3) is 2.87. The van der Waals surface area contributed by atoms with Gasteiger partial charge in [0.15, 0.2) is 0 Å². The van der Waals surface area contributed by atoms with Crippen LogP contribution < -0.4 is 15.2 Å². The average Bonchev–Trinajstić information content (AvgIpc) is 3.16. The molecule has 2 atom stereocenters. The van der Waals surface area contributed by atoms with E-state index in [1.54, 1.807) is 7.11 Å². The largest absolute Gasteiger partial charge is 0.497 e. The molecule has 1 aliphatic heterocycles. The van der Waals surface area contributed by atoms with Crippen molar-refractivity contribution in [3.05, 3.63) is 77.2 Å². The number of rotatable bonds is 4. The van der Waals surface area contributed by atoms with Gasteiger partial charge in [-0.2, -0.15) is 5.26 Å². The number of hydrogen-bond donors (Lipinski definition) is 2. The zero-order valence-corrected chi connectivity index (χ0v) is 15.6. The van der Waals surface area contributed by atoms with Crippen molar-refractivity contribution in [2.24, 2.45) is 5.73 Å². The van der Waals surface area contributed by atoms with Crippen molar-refractivity contribution < 1.29 is 9.47 Å². The zero-order valence-electron chi connectivity index (χ0n) is 15.6. The fraction of sp³-hybridized carbons (Fsp3) is 0.182. The predicted molar refractivity (Wildman–Crippen MR) is 106 cm³/mol. The van der Waals surface area contributed by atoms with Crippen molar-refractivity contribution in [3.8, 4) is 29.0 Å². The van der Waals surface area contributed by atoms with Crippen LogP contribution in [0.3, 0.4) is 0 Å². The number of ether oxygens (including phenoxy) is 2. The van der Waals surface area contributed by atoms with Crippen LogP contribution in [-0.2, 0) is 0 Å². The third-order valence-corrected chi connectivity index (χ3v) is 5.19. The van der Waals surface area contributed by atoms with Crippen molar-refractivity contribution in [2.75, 3.05) is 7.11 Å². The van der Waals surface area contributed by atoms with Crippen LogP contribution in [0.5, 0.6) is 11.6 Å². The highest BCUT2D eigenvalue weighted by Crippen LogP contribution is 2.48. The Morgan fingerprint density at radius 1 is 1.18 bits per heavy atom. The zero-order chi connectivity index (χ0) is 19.7. The van der Waals surface area contributed by atoms with E-state index in [0.717, 1.165) is 28.1 Å². The van der Waals surface area contributed by atoms with Gasteiger partial charge in [-0.3, -0.25) is 5.10 Å². The Kier molecular flexibility index (Phi) is 4.50. The Balaban J connectivity index is 1.86. The maximum Gasteiger partial charge on any atom is 0.244 e. The normalized spacial score (nSPS) is 16.7. The molecule has 0 saturated carbocycles. The second-order valence-corrected chi connectivity index (χ2v) is 6.71. The van der Waals surface area contributed by atoms with Crippen molar-refractivity contribution in [2.45, 2.75) is 18.8 Å².